The molecule has 1 unspecified atom stereocenters. The highest BCUT2D eigenvalue weighted by molar-refractivity contribution is 6.31. The van der Waals surface area contributed by atoms with Gasteiger partial charge in [0.2, 0.25) is 0 Å². The van der Waals surface area contributed by atoms with Crippen LogP contribution in [0.25, 0.3) is 0 Å². The van der Waals surface area contributed by atoms with E-state index in [4.69, 9.17) is 17.3 Å². The Hall–Kier alpha value is -1.04. The van der Waals surface area contributed by atoms with Crippen LogP contribution in [0.4, 0.5) is 13.2 Å². The number of nitrogens with two attached hydrogens (primary N) is 1. The van der Waals surface area contributed by atoms with Gasteiger partial charge in [0, 0.05) is 36.3 Å². The molecular formula is C14H16ClF3N2. The summed E-state index contributed by atoms with van der Waals surface area (Å²) in [6.45, 7) is 0.888. The summed E-state index contributed by atoms with van der Waals surface area (Å²) in [4.78, 5) is 1.93. The number of halogens is 4. The van der Waals surface area contributed by atoms with E-state index in [9.17, 15) is 13.2 Å². The normalized spacial score (nSPS) is 18.8. The van der Waals surface area contributed by atoms with Crippen molar-refractivity contribution in [3.8, 4) is 0 Å². The molecule has 0 amide bonds. The molecule has 6 heteroatoms. The summed E-state index contributed by atoms with van der Waals surface area (Å²) in [5, 5.41) is 0.591. The monoisotopic (exact) mass is 304 g/mol. The van der Waals surface area contributed by atoms with Crippen LogP contribution in [0.15, 0.2) is 35.9 Å². The second-order valence-corrected chi connectivity index (χ2v) is 5.15. The first-order valence-corrected chi connectivity index (χ1v) is 6.76. The van der Waals surface area contributed by atoms with Crippen molar-refractivity contribution in [2.75, 3.05) is 19.6 Å². The van der Waals surface area contributed by atoms with Crippen LogP contribution >= 0.6 is 11.6 Å². The number of rotatable bonds is 3. The Morgan fingerprint density at radius 1 is 1.30 bits per heavy atom. The lowest BCUT2D eigenvalue weighted by atomic mass is 10.0. The molecule has 2 nitrogen and oxygen atoms in total. The fourth-order valence-electron chi connectivity index (χ4n) is 2.44. The standard InChI is InChI=1S/C14H16ClF3N2/c15-12-4-2-1-3-11(12)13(9-19)20-7-5-10(6-8-20)14(16,17)18/h1-5,13H,6-9,19H2. The fourth-order valence-corrected chi connectivity index (χ4v) is 2.71. The molecule has 0 saturated heterocycles. The van der Waals surface area contributed by atoms with E-state index in [0.29, 0.717) is 18.1 Å². The van der Waals surface area contributed by atoms with Crippen molar-refractivity contribution in [2.24, 2.45) is 5.73 Å². The van der Waals surface area contributed by atoms with Crippen LogP contribution in [0.2, 0.25) is 5.02 Å². The Kier molecular flexibility index (Phi) is 4.73. The minimum atomic E-state index is -4.23. The molecule has 0 bridgehead atoms. The molecule has 0 radical (unpaired) electrons. The first-order valence-electron chi connectivity index (χ1n) is 6.38. The second-order valence-electron chi connectivity index (χ2n) is 4.75. The van der Waals surface area contributed by atoms with Gasteiger partial charge in [0.25, 0.3) is 0 Å². The molecule has 2 N–H and O–H groups in total. The number of hydrogen-bond acceptors (Lipinski definition) is 2. The van der Waals surface area contributed by atoms with Gasteiger partial charge in [0.1, 0.15) is 0 Å². The first kappa shape index (κ1) is 15.4. The van der Waals surface area contributed by atoms with E-state index < -0.39 is 11.7 Å². The van der Waals surface area contributed by atoms with E-state index in [0.717, 1.165) is 5.56 Å². The van der Waals surface area contributed by atoms with Crippen LogP contribution in [0.1, 0.15) is 18.0 Å². The third kappa shape index (κ3) is 3.34. The van der Waals surface area contributed by atoms with Crippen LogP contribution in [0, 0.1) is 0 Å². The average molecular weight is 305 g/mol. The van der Waals surface area contributed by atoms with Gasteiger partial charge in [-0.05, 0) is 18.1 Å². The lowest BCUT2D eigenvalue weighted by Gasteiger charge is -2.34. The number of alkyl halides is 3. The van der Waals surface area contributed by atoms with Gasteiger partial charge in [-0.25, -0.2) is 0 Å². The molecule has 1 aliphatic heterocycles. The molecule has 1 aliphatic rings. The van der Waals surface area contributed by atoms with Crippen molar-refractivity contribution in [1.29, 1.82) is 0 Å². The molecule has 0 saturated carbocycles. The fraction of sp³-hybridized carbons (Fsp3) is 0.429. The highest BCUT2D eigenvalue weighted by Crippen LogP contribution is 2.33. The summed E-state index contributed by atoms with van der Waals surface area (Å²) in [5.74, 6) is 0. The zero-order valence-corrected chi connectivity index (χ0v) is 11.6. The van der Waals surface area contributed by atoms with E-state index in [-0.39, 0.29) is 19.0 Å². The molecular weight excluding hydrogens is 289 g/mol. The van der Waals surface area contributed by atoms with E-state index >= 15 is 0 Å². The molecule has 0 spiro atoms. The lowest BCUT2D eigenvalue weighted by Crippen LogP contribution is -2.38. The van der Waals surface area contributed by atoms with Gasteiger partial charge in [-0.2, -0.15) is 13.2 Å². The van der Waals surface area contributed by atoms with Gasteiger partial charge in [-0.15, -0.1) is 0 Å². The summed E-state index contributed by atoms with van der Waals surface area (Å²) < 4.78 is 37.8. The SMILES string of the molecule is NCC(c1ccccc1Cl)N1CC=C(C(F)(F)F)CC1. The molecule has 110 valence electrons. The van der Waals surface area contributed by atoms with Crippen molar-refractivity contribution in [3.05, 3.63) is 46.5 Å². The highest BCUT2D eigenvalue weighted by Gasteiger charge is 2.35. The Balaban J connectivity index is 2.16. The molecule has 1 atom stereocenters. The van der Waals surface area contributed by atoms with E-state index in [1.165, 1.54) is 6.08 Å². The summed E-state index contributed by atoms with van der Waals surface area (Å²) in [5.41, 5.74) is 6.19. The largest absolute Gasteiger partial charge is 0.412 e. The summed E-state index contributed by atoms with van der Waals surface area (Å²) >= 11 is 6.14. The van der Waals surface area contributed by atoms with Crippen molar-refractivity contribution in [2.45, 2.75) is 18.6 Å². The smallest absolute Gasteiger partial charge is 0.329 e. The topological polar surface area (TPSA) is 29.3 Å². The zero-order valence-electron chi connectivity index (χ0n) is 10.8. The second kappa shape index (κ2) is 6.16. The molecule has 0 fully saturated rings. The zero-order chi connectivity index (χ0) is 14.8. The Labute approximate surface area is 121 Å². The van der Waals surface area contributed by atoms with Crippen LogP contribution in [-0.2, 0) is 0 Å². The maximum absolute atomic E-state index is 12.6. The maximum atomic E-state index is 12.6. The van der Waals surface area contributed by atoms with Crippen LogP contribution in [0.3, 0.4) is 0 Å². The molecule has 0 aliphatic carbocycles. The third-order valence-corrected chi connectivity index (χ3v) is 3.88. The minimum absolute atomic E-state index is 0.00947. The first-order chi connectivity index (χ1) is 9.43. The quantitative estimate of drug-likeness (QED) is 0.866. The molecule has 1 aromatic carbocycles. The van der Waals surface area contributed by atoms with Crippen LogP contribution < -0.4 is 5.73 Å². The number of hydrogen-bond donors (Lipinski definition) is 1. The molecule has 0 aromatic heterocycles. The van der Waals surface area contributed by atoms with Gasteiger partial charge in [-0.1, -0.05) is 35.9 Å². The summed E-state index contributed by atoms with van der Waals surface area (Å²) in [6, 6.07) is 7.14. The van der Waals surface area contributed by atoms with Crippen LogP contribution in [-0.4, -0.2) is 30.7 Å². The number of benzene rings is 1. The van der Waals surface area contributed by atoms with Crippen molar-refractivity contribution < 1.29 is 13.2 Å². The Bertz CT molecular complexity index is 499. The van der Waals surface area contributed by atoms with E-state index in [1.54, 1.807) is 6.07 Å². The Morgan fingerprint density at radius 2 is 2.00 bits per heavy atom. The minimum Gasteiger partial charge on any atom is -0.329 e. The van der Waals surface area contributed by atoms with Crippen LogP contribution in [0.5, 0.6) is 0 Å². The van der Waals surface area contributed by atoms with E-state index in [2.05, 4.69) is 0 Å². The average Bonchev–Trinajstić information content (AvgIpc) is 2.41. The molecule has 1 heterocycles. The van der Waals surface area contributed by atoms with Gasteiger partial charge >= 0.3 is 6.18 Å². The van der Waals surface area contributed by atoms with E-state index in [1.807, 2.05) is 23.1 Å². The van der Waals surface area contributed by atoms with Gasteiger partial charge in [0.15, 0.2) is 0 Å². The number of nitrogens with zero attached hydrogens (tertiary/aromatic N) is 1. The van der Waals surface area contributed by atoms with Gasteiger partial charge in [-0.3, -0.25) is 4.90 Å². The molecule has 2 rings (SSSR count). The van der Waals surface area contributed by atoms with Crippen molar-refractivity contribution >= 4 is 11.6 Å². The predicted octanol–water partition coefficient (Wildman–Crippen LogP) is 3.53. The van der Waals surface area contributed by atoms with Crippen molar-refractivity contribution in [3.63, 3.8) is 0 Å². The van der Waals surface area contributed by atoms with Gasteiger partial charge < -0.3 is 5.73 Å². The maximum Gasteiger partial charge on any atom is 0.412 e. The Morgan fingerprint density at radius 3 is 2.50 bits per heavy atom. The van der Waals surface area contributed by atoms with Gasteiger partial charge in [0.05, 0.1) is 0 Å². The summed E-state index contributed by atoms with van der Waals surface area (Å²) in [7, 11) is 0. The lowest BCUT2D eigenvalue weighted by molar-refractivity contribution is -0.0964. The predicted molar refractivity (Wildman–Crippen MR) is 73.6 cm³/mol. The molecule has 20 heavy (non-hydrogen) atoms. The highest BCUT2D eigenvalue weighted by atomic mass is 35.5. The van der Waals surface area contributed by atoms with Crippen molar-refractivity contribution in [1.82, 2.24) is 4.90 Å². The third-order valence-electron chi connectivity index (χ3n) is 3.53. The summed E-state index contributed by atoms with van der Waals surface area (Å²) in [6.07, 6.45) is -3.00. The molecule has 1 aromatic rings.